The smallest absolute Gasteiger partial charge is 0.323 e. The van der Waals surface area contributed by atoms with Crippen LogP contribution in [0.15, 0.2) is 0 Å². The zero-order valence-electron chi connectivity index (χ0n) is 13.6. The van der Waals surface area contributed by atoms with Gasteiger partial charge >= 0.3 is 6.03 Å². The summed E-state index contributed by atoms with van der Waals surface area (Å²) in [5, 5.41) is 6.47. The second-order valence-corrected chi connectivity index (χ2v) is 6.84. The highest BCUT2D eigenvalue weighted by Gasteiger charge is 2.51. The third-order valence-electron chi connectivity index (χ3n) is 5.52. The monoisotopic (exact) mass is 308 g/mol. The van der Waals surface area contributed by atoms with Crippen LogP contribution in [0.1, 0.15) is 45.4 Å². The fourth-order valence-corrected chi connectivity index (χ4v) is 3.92. The van der Waals surface area contributed by atoms with Gasteiger partial charge in [0.25, 0.3) is 5.91 Å². The normalized spacial score (nSPS) is 29.1. The van der Waals surface area contributed by atoms with Gasteiger partial charge in [0, 0.05) is 25.7 Å². The Kier molecular flexibility index (Phi) is 4.68. The van der Waals surface area contributed by atoms with Crippen LogP contribution in [0, 0.1) is 0 Å². The van der Waals surface area contributed by atoms with Gasteiger partial charge in [-0.05, 0) is 45.2 Å². The van der Waals surface area contributed by atoms with Crippen molar-refractivity contribution in [3.05, 3.63) is 0 Å². The minimum atomic E-state index is -0.622. The molecular weight excluding hydrogens is 280 g/mol. The van der Waals surface area contributed by atoms with Crippen LogP contribution in [-0.4, -0.2) is 66.0 Å². The van der Waals surface area contributed by atoms with Crippen molar-refractivity contribution in [2.24, 2.45) is 0 Å². The van der Waals surface area contributed by atoms with Crippen LogP contribution in [0.4, 0.5) is 4.79 Å². The summed E-state index contributed by atoms with van der Waals surface area (Å²) in [6.45, 7) is 6.52. The summed E-state index contributed by atoms with van der Waals surface area (Å²) in [5.41, 5.74) is -0.622. The number of amides is 3. The molecule has 0 aromatic rings. The lowest BCUT2D eigenvalue weighted by Crippen LogP contribution is -2.54. The Labute approximate surface area is 132 Å². The lowest BCUT2D eigenvalue weighted by molar-refractivity contribution is -0.133. The van der Waals surface area contributed by atoms with Crippen molar-refractivity contribution in [3.8, 4) is 0 Å². The highest BCUT2D eigenvalue weighted by atomic mass is 16.2. The van der Waals surface area contributed by atoms with Crippen molar-refractivity contribution in [3.63, 3.8) is 0 Å². The molecule has 0 saturated carbocycles. The number of rotatable bonds is 4. The number of carbonyl (C=O) groups excluding carboxylic acids is 2. The minimum Gasteiger partial charge on any atom is -0.323 e. The molecule has 1 atom stereocenters. The molecule has 0 aromatic carbocycles. The maximum Gasteiger partial charge on any atom is 0.325 e. The number of likely N-dealkylation sites (tertiary alicyclic amines) is 1. The number of nitrogens with one attached hydrogen (secondary N) is 2. The molecule has 3 saturated heterocycles. The quantitative estimate of drug-likeness (QED) is 0.758. The number of hydrogen-bond acceptors (Lipinski definition) is 4. The van der Waals surface area contributed by atoms with E-state index in [9.17, 15) is 9.59 Å². The highest BCUT2D eigenvalue weighted by molar-refractivity contribution is 6.07. The van der Waals surface area contributed by atoms with E-state index in [2.05, 4.69) is 22.5 Å². The Balaban J connectivity index is 1.57. The molecule has 3 aliphatic heterocycles. The van der Waals surface area contributed by atoms with Crippen molar-refractivity contribution in [2.75, 3.05) is 32.7 Å². The summed E-state index contributed by atoms with van der Waals surface area (Å²) in [6.07, 6.45) is 5.98. The van der Waals surface area contributed by atoms with Crippen molar-refractivity contribution < 1.29 is 9.59 Å². The van der Waals surface area contributed by atoms with Gasteiger partial charge in [-0.3, -0.25) is 9.69 Å². The zero-order valence-corrected chi connectivity index (χ0v) is 13.6. The van der Waals surface area contributed by atoms with Gasteiger partial charge in [0.15, 0.2) is 0 Å². The van der Waals surface area contributed by atoms with Gasteiger partial charge in [-0.15, -0.1) is 0 Å². The molecular formula is C16H28N4O2. The first kappa shape index (κ1) is 15.7. The van der Waals surface area contributed by atoms with Gasteiger partial charge in [0.1, 0.15) is 5.54 Å². The SMILES string of the molecule is CCN1CCC2(CC1)NC(=O)N(CCC1CCCCN1)C2=O. The average Bonchev–Trinajstić information content (AvgIpc) is 2.78. The van der Waals surface area contributed by atoms with Crippen molar-refractivity contribution >= 4 is 11.9 Å². The third kappa shape index (κ3) is 2.99. The van der Waals surface area contributed by atoms with E-state index in [0.717, 1.165) is 51.9 Å². The first-order valence-corrected chi connectivity index (χ1v) is 8.74. The summed E-state index contributed by atoms with van der Waals surface area (Å²) < 4.78 is 0. The van der Waals surface area contributed by atoms with E-state index in [1.807, 2.05) is 0 Å². The molecule has 6 nitrogen and oxygen atoms in total. The van der Waals surface area contributed by atoms with E-state index >= 15 is 0 Å². The van der Waals surface area contributed by atoms with Crippen LogP contribution in [0.2, 0.25) is 0 Å². The maximum absolute atomic E-state index is 12.8. The van der Waals surface area contributed by atoms with Crippen molar-refractivity contribution in [1.82, 2.24) is 20.4 Å². The molecule has 3 heterocycles. The molecule has 3 aliphatic rings. The van der Waals surface area contributed by atoms with Crippen LogP contribution in [-0.2, 0) is 4.79 Å². The number of urea groups is 1. The zero-order chi connectivity index (χ0) is 15.6. The fraction of sp³-hybridized carbons (Fsp3) is 0.875. The Hall–Kier alpha value is -1.14. The summed E-state index contributed by atoms with van der Waals surface area (Å²) in [7, 11) is 0. The van der Waals surface area contributed by atoms with Crippen LogP contribution >= 0.6 is 0 Å². The van der Waals surface area contributed by atoms with Gasteiger partial charge in [-0.25, -0.2) is 4.79 Å². The predicted octanol–water partition coefficient (Wildman–Crippen LogP) is 0.925. The standard InChI is InChI=1S/C16H28N4O2/c1-2-19-11-7-16(8-12-19)14(21)20(15(22)18-16)10-6-13-5-3-4-9-17-13/h13,17H,2-12H2,1H3,(H,18,22). The molecule has 3 fully saturated rings. The van der Waals surface area contributed by atoms with Gasteiger partial charge in [0.05, 0.1) is 0 Å². The van der Waals surface area contributed by atoms with Gasteiger partial charge in [-0.2, -0.15) is 0 Å². The molecule has 2 N–H and O–H groups in total. The van der Waals surface area contributed by atoms with Crippen molar-refractivity contribution in [1.29, 1.82) is 0 Å². The summed E-state index contributed by atoms with van der Waals surface area (Å²) in [4.78, 5) is 28.8. The molecule has 1 spiro atoms. The molecule has 124 valence electrons. The second kappa shape index (κ2) is 6.54. The van der Waals surface area contributed by atoms with Crippen LogP contribution < -0.4 is 10.6 Å². The Morgan fingerprint density at radius 3 is 2.64 bits per heavy atom. The molecule has 0 aliphatic carbocycles. The Morgan fingerprint density at radius 2 is 2.00 bits per heavy atom. The summed E-state index contributed by atoms with van der Waals surface area (Å²) in [6, 6.07) is 0.263. The number of piperidine rings is 2. The van der Waals surface area contributed by atoms with Gasteiger partial charge < -0.3 is 15.5 Å². The molecule has 3 rings (SSSR count). The van der Waals surface area contributed by atoms with E-state index in [1.165, 1.54) is 17.7 Å². The van der Waals surface area contributed by atoms with Crippen LogP contribution in [0.5, 0.6) is 0 Å². The maximum atomic E-state index is 12.8. The molecule has 0 bridgehead atoms. The van der Waals surface area contributed by atoms with E-state index in [4.69, 9.17) is 0 Å². The number of imide groups is 1. The summed E-state index contributed by atoms with van der Waals surface area (Å²) in [5.74, 6) is 0.00376. The van der Waals surface area contributed by atoms with Crippen LogP contribution in [0.3, 0.4) is 0 Å². The van der Waals surface area contributed by atoms with E-state index in [1.54, 1.807) is 0 Å². The first-order valence-electron chi connectivity index (χ1n) is 8.74. The molecule has 0 radical (unpaired) electrons. The Bertz CT molecular complexity index is 426. The topological polar surface area (TPSA) is 64.7 Å². The van der Waals surface area contributed by atoms with Crippen molar-refractivity contribution in [2.45, 2.75) is 57.0 Å². The molecule has 3 amide bonds. The lowest BCUT2D eigenvalue weighted by Gasteiger charge is -2.36. The number of hydrogen-bond donors (Lipinski definition) is 2. The lowest BCUT2D eigenvalue weighted by atomic mass is 9.87. The largest absolute Gasteiger partial charge is 0.325 e. The van der Waals surface area contributed by atoms with Crippen LogP contribution in [0.25, 0.3) is 0 Å². The number of nitrogens with zero attached hydrogens (tertiary/aromatic N) is 2. The molecule has 0 aromatic heterocycles. The van der Waals surface area contributed by atoms with E-state index in [0.29, 0.717) is 12.6 Å². The fourth-order valence-electron chi connectivity index (χ4n) is 3.92. The average molecular weight is 308 g/mol. The third-order valence-corrected chi connectivity index (χ3v) is 5.52. The molecule has 1 unspecified atom stereocenters. The summed E-state index contributed by atoms with van der Waals surface area (Å²) >= 11 is 0. The number of carbonyl (C=O) groups is 2. The van der Waals surface area contributed by atoms with Gasteiger partial charge in [-0.1, -0.05) is 13.3 Å². The Morgan fingerprint density at radius 1 is 1.23 bits per heavy atom. The second-order valence-electron chi connectivity index (χ2n) is 6.84. The first-order chi connectivity index (χ1) is 10.6. The predicted molar refractivity (Wildman–Crippen MR) is 84.6 cm³/mol. The van der Waals surface area contributed by atoms with Gasteiger partial charge in [0.2, 0.25) is 0 Å². The van der Waals surface area contributed by atoms with E-state index in [-0.39, 0.29) is 11.9 Å². The highest BCUT2D eigenvalue weighted by Crippen LogP contribution is 2.29. The molecule has 22 heavy (non-hydrogen) atoms. The minimum absolute atomic E-state index is 0.00376. The molecule has 6 heteroatoms. The van der Waals surface area contributed by atoms with E-state index < -0.39 is 5.54 Å².